The van der Waals surface area contributed by atoms with Crippen molar-refractivity contribution >= 4 is 11.0 Å². The molecule has 3 fully saturated rings. The molecule has 3 saturated carbocycles. The van der Waals surface area contributed by atoms with Crippen molar-refractivity contribution in [2.45, 2.75) is 39.0 Å². The highest BCUT2D eigenvalue weighted by Gasteiger charge is 2.41. The lowest BCUT2D eigenvalue weighted by molar-refractivity contribution is 0.0339. The van der Waals surface area contributed by atoms with Gasteiger partial charge in [-0.1, -0.05) is 6.92 Å². The smallest absolute Gasteiger partial charge is 0.181 e. The number of pyridine rings is 1. The van der Waals surface area contributed by atoms with Crippen LogP contribution in [0.3, 0.4) is 0 Å². The fraction of sp³-hybridized carbons (Fsp3) is 0.357. The van der Waals surface area contributed by atoms with E-state index in [1.807, 2.05) is 30.3 Å². The van der Waals surface area contributed by atoms with Crippen molar-refractivity contribution in [1.29, 1.82) is 0 Å². The van der Waals surface area contributed by atoms with E-state index in [2.05, 4.69) is 22.1 Å². The average Bonchev–Trinajstić information content (AvgIpc) is 3.67. The Kier molecular flexibility index (Phi) is 5.01. The molecular weight excluding hydrogens is 457 g/mol. The van der Waals surface area contributed by atoms with Gasteiger partial charge >= 0.3 is 0 Å². The van der Waals surface area contributed by atoms with E-state index in [0.29, 0.717) is 57.4 Å². The number of halogens is 1. The quantitative estimate of drug-likeness (QED) is 0.299. The van der Waals surface area contributed by atoms with Crippen molar-refractivity contribution in [2.24, 2.45) is 23.7 Å². The van der Waals surface area contributed by atoms with Crippen molar-refractivity contribution in [3.63, 3.8) is 0 Å². The molecule has 0 aromatic carbocycles. The lowest BCUT2D eigenvalue weighted by Gasteiger charge is -2.47. The van der Waals surface area contributed by atoms with Gasteiger partial charge < -0.3 is 8.83 Å². The van der Waals surface area contributed by atoms with Crippen molar-refractivity contribution in [1.82, 2.24) is 25.1 Å². The Labute approximate surface area is 207 Å². The molecule has 5 aromatic rings. The monoisotopic (exact) mass is 483 g/mol. The van der Waals surface area contributed by atoms with Crippen LogP contribution in [-0.4, -0.2) is 25.1 Å². The number of nitrogens with zero attached hydrogens (tertiary/aromatic N) is 4. The number of hydrogen-bond donors (Lipinski definition) is 1. The second-order valence-electron chi connectivity index (χ2n) is 10.2. The van der Waals surface area contributed by atoms with E-state index in [1.165, 1.54) is 31.7 Å². The third kappa shape index (κ3) is 3.63. The summed E-state index contributed by atoms with van der Waals surface area (Å²) in [5.41, 5.74) is 2.62. The molecule has 36 heavy (non-hydrogen) atoms. The second-order valence-corrected chi connectivity index (χ2v) is 10.2. The highest BCUT2D eigenvalue weighted by molar-refractivity contribution is 5.88. The third-order valence-corrected chi connectivity index (χ3v) is 8.29. The summed E-state index contributed by atoms with van der Waals surface area (Å²) in [4.78, 5) is 13.9. The first-order valence-electron chi connectivity index (χ1n) is 12.6. The Bertz CT molecular complexity index is 1530. The zero-order valence-corrected chi connectivity index (χ0v) is 19.9. The van der Waals surface area contributed by atoms with Crippen LogP contribution >= 0.6 is 0 Å². The number of rotatable bonds is 5. The van der Waals surface area contributed by atoms with Gasteiger partial charge in [-0.25, -0.2) is 19.3 Å². The molecule has 0 aliphatic heterocycles. The fourth-order valence-corrected chi connectivity index (χ4v) is 6.38. The summed E-state index contributed by atoms with van der Waals surface area (Å²) in [6.45, 7) is 2.41. The van der Waals surface area contributed by atoms with Crippen LogP contribution in [0.2, 0.25) is 0 Å². The predicted octanol–water partition coefficient (Wildman–Crippen LogP) is 6.69. The minimum Gasteiger partial charge on any atom is -0.461 e. The van der Waals surface area contributed by atoms with E-state index in [1.54, 1.807) is 6.26 Å². The van der Waals surface area contributed by atoms with E-state index >= 15 is 0 Å². The molecule has 7 nitrogen and oxygen atoms in total. The van der Waals surface area contributed by atoms with Crippen LogP contribution in [0.1, 0.15) is 38.3 Å². The summed E-state index contributed by atoms with van der Waals surface area (Å²) in [7, 11) is 0. The van der Waals surface area contributed by atoms with E-state index in [9.17, 15) is 4.39 Å². The SMILES string of the molecule is C[C@H]1C2CCC(CC2)[C@@H]1Cc1cc(-c2ccc(-c3ccco3)o2)nc(-c2[nH]nc3ncc(F)cc23)n1. The highest BCUT2D eigenvalue weighted by atomic mass is 19.1. The molecule has 8 rings (SSSR count). The third-order valence-electron chi connectivity index (χ3n) is 8.29. The van der Waals surface area contributed by atoms with E-state index in [4.69, 9.17) is 18.8 Å². The Morgan fingerprint density at radius 2 is 1.83 bits per heavy atom. The van der Waals surface area contributed by atoms with Gasteiger partial charge in [0, 0.05) is 5.69 Å². The number of fused-ring (bicyclic) bond motifs is 4. The second kappa shape index (κ2) is 8.40. The lowest BCUT2D eigenvalue weighted by atomic mass is 9.58. The van der Waals surface area contributed by atoms with Gasteiger partial charge in [-0.3, -0.25) is 5.10 Å². The van der Waals surface area contributed by atoms with Crippen LogP contribution in [0, 0.1) is 29.5 Å². The molecule has 3 aliphatic carbocycles. The number of furan rings is 2. The minimum absolute atomic E-state index is 0.428. The van der Waals surface area contributed by atoms with Gasteiger partial charge in [-0.15, -0.1) is 0 Å². The fourth-order valence-electron chi connectivity index (χ4n) is 6.38. The molecule has 5 heterocycles. The Morgan fingerprint density at radius 3 is 2.64 bits per heavy atom. The molecule has 5 aromatic heterocycles. The van der Waals surface area contributed by atoms with Crippen molar-refractivity contribution in [3.05, 3.63) is 60.4 Å². The van der Waals surface area contributed by atoms with E-state index in [-0.39, 0.29) is 0 Å². The number of hydrogen-bond acceptors (Lipinski definition) is 6. The van der Waals surface area contributed by atoms with Gasteiger partial charge in [0.25, 0.3) is 0 Å². The number of aromatic nitrogens is 5. The van der Waals surface area contributed by atoms with Crippen LogP contribution in [0.15, 0.2) is 57.7 Å². The number of aromatic amines is 1. The summed E-state index contributed by atoms with van der Waals surface area (Å²) < 4.78 is 25.7. The van der Waals surface area contributed by atoms with Crippen molar-refractivity contribution < 1.29 is 13.2 Å². The summed E-state index contributed by atoms with van der Waals surface area (Å²) in [5.74, 6) is 4.78. The summed E-state index contributed by atoms with van der Waals surface area (Å²) in [5, 5.41) is 7.78. The molecule has 1 N–H and O–H groups in total. The predicted molar refractivity (Wildman–Crippen MR) is 132 cm³/mol. The molecule has 0 radical (unpaired) electrons. The standard InChI is InChI=1S/C28H26FN5O2/c1-15-16-4-6-17(7-5-16)20(15)12-19-13-22(23-8-9-25(36-23)24-3-2-10-35-24)32-28(31-19)26-21-11-18(29)14-30-27(21)34-33-26/h2-3,8-11,13-17,20H,4-7,12H2,1H3,(H,30,33,34)/t15-,16?,17?,20+/m0/s1. The van der Waals surface area contributed by atoms with Gasteiger partial charge in [0.1, 0.15) is 17.2 Å². The summed E-state index contributed by atoms with van der Waals surface area (Å²) in [6, 6.07) is 10.9. The lowest BCUT2D eigenvalue weighted by Crippen LogP contribution is -2.39. The Morgan fingerprint density at radius 1 is 1.00 bits per heavy atom. The largest absolute Gasteiger partial charge is 0.461 e. The van der Waals surface area contributed by atoms with Crippen LogP contribution in [0.4, 0.5) is 4.39 Å². The van der Waals surface area contributed by atoms with E-state index in [0.717, 1.165) is 30.1 Å². The summed E-state index contributed by atoms with van der Waals surface area (Å²) in [6.07, 6.45) is 8.99. The molecule has 3 aliphatic rings. The topological polar surface area (TPSA) is 93.6 Å². The van der Waals surface area contributed by atoms with Gasteiger partial charge in [0.05, 0.1) is 17.8 Å². The molecule has 0 spiro atoms. The van der Waals surface area contributed by atoms with Crippen LogP contribution in [0.5, 0.6) is 0 Å². The first-order valence-corrected chi connectivity index (χ1v) is 12.6. The number of nitrogens with one attached hydrogen (secondary N) is 1. The Hall–Kier alpha value is -3.81. The first-order chi connectivity index (χ1) is 17.6. The molecule has 2 atom stereocenters. The summed E-state index contributed by atoms with van der Waals surface area (Å²) >= 11 is 0. The molecule has 0 amide bonds. The first kappa shape index (κ1) is 21.5. The molecule has 182 valence electrons. The molecule has 0 saturated heterocycles. The van der Waals surface area contributed by atoms with Crippen molar-refractivity contribution in [2.75, 3.05) is 0 Å². The normalized spacial score (nSPS) is 23.5. The minimum atomic E-state index is -0.428. The highest BCUT2D eigenvalue weighted by Crippen LogP contribution is 2.49. The van der Waals surface area contributed by atoms with Crippen LogP contribution in [0.25, 0.3) is 45.5 Å². The van der Waals surface area contributed by atoms with Gasteiger partial charge in [0.15, 0.2) is 28.8 Å². The molecule has 2 bridgehead atoms. The van der Waals surface area contributed by atoms with E-state index < -0.39 is 5.82 Å². The number of H-pyrrole nitrogens is 1. The maximum atomic E-state index is 14.0. The van der Waals surface area contributed by atoms with Crippen LogP contribution < -0.4 is 0 Å². The zero-order valence-electron chi connectivity index (χ0n) is 19.9. The van der Waals surface area contributed by atoms with Gasteiger partial charge in [0.2, 0.25) is 0 Å². The van der Waals surface area contributed by atoms with Gasteiger partial charge in [-0.2, -0.15) is 5.10 Å². The molecule has 0 unspecified atom stereocenters. The average molecular weight is 484 g/mol. The zero-order chi connectivity index (χ0) is 24.2. The molecular formula is C28H26FN5O2. The van der Waals surface area contributed by atoms with Crippen molar-refractivity contribution in [3.8, 4) is 34.5 Å². The van der Waals surface area contributed by atoms with Crippen LogP contribution in [-0.2, 0) is 6.42 Å². The Balaban J connectivity index is 1.33. The maximum Gasteiger partial charge on any atom is 0.181 e. The van der Waals surface area contributed by atoms with Gasteiger partial charge in [-0.05, 0) is 92.2 Å². The molecule has 8 heteroatoms. The maximum absolute atomic E-state index is 14.0.